The van der Waals surface area contributed by atoms with E-state index in [4.69, 9.17) is 0 Å². The first kappa shape index (κ1) is 9.10. The number of hydrogen-bond acceptors (Lipinski definition) is 3. The molecule has 4 heteroatoms. The second kappa shape index (κ2) is 4.00. The van der Waals surface area contributed by atoms with Crippen LogP contribution in [0.3, 0.4) is 0 Å². The normalized spacial score (nSPS) is 12.3. The van der Waals surface area contributed by atoms with Crippen molar-refractivity contribution in [2.45, 2.75) is 6.92 Å². The molecule has 0 aromatic carbocycles. The third-order valence-electron chi connectivity index (χ3n) is 1.18. The van der Waals surface area contributed by atoms with Crippen LogP contribution < -0.4 is 0 Å². The average molecular weight is 145 g/mol. The predicted molar refractivity (Wildman–Crippen MR) is 35.0 cm³/mol. The first-order valence-electron chi connectivity index (χ1n) is 2.90. The van der Waals surface area contributed by atoms with E-state index in [1.54, 1.807) is 0 Å². The Hall–Kier alpha value is -0.900. The lowest BCUT2D eigenvalue weighted by molar-refractivity contribution is -0.172. The van der Waals surface area contributed by atoms with Gasteiger partial charge in [0.1, 0.15) is 6.29 Å². The quantitative estimate of drug-likeness (QED) is 0.315. The molecular formula is C6H11NO3. The molecule has 0 aromatic heterocycles. The molecule has 0 N–H and O–H groups in total. The highest BCUT2D eigenvalue weighted by Crippen LogP contribution is 1.95. The van der Waals surface area contributed by atoms with Gasteiger partial charge in [-0.1, -0.05) is 0 Å². The van der Waals surface area contributed by atoms with Gasteiger partial charge in [-0.2, -0.15) is 0 Å². The van der Waals surface area contributed by atoms with Crippen molar-refractivity contribution in [1.29, 1.82) is 0 Å². The van der Waals surface area contributed by atoms with Gasteiger partial charge >= 0.3 is 0 Å². The van der Waals surface area contributed by atoms with E-state index in [1.807, 2.05) is 0 Å². The van der Waals surface area contributed by atoms with Crippen molar-refractivity contribution >= 4 is 12.2 Å². The number of hydrogen-bond donors (Lipinski definition) is 0. The van der Waals surface area contributed by atoms with Gasteiger partial charge in [0, 0.05) is 7.05 Å². The largest absolute Gasteiger partial charge is 0.303 e. The molecule has 0 saturated heterocycles. The van der Waals surface area contributed by atoms with E-state index in [2.05, 4.69) is 4.84 Å². The first-order valence-corrected chi connectivity index (χ1v) is 2.90. The van der Waals surface area contributed by atoms with Crippen molar-refractivity contribution in [2.24, 2.45) is 5.92 Å². The number of amides is 1. The van der Waals surface area contributed by atoms with Crippen LogP contribution in [-0.2, 0) is 14.4 Å². The number of carbonyl (C=O) groups is 2. The first-order chi connectivity index (χ1) is 4.63. The van der Waals surface area contributed by atoms with E-state index in [-0.39, 0.29) is 5.91 Å². The summed E-state index contributed by atoms with van der Waals surface area (Å²) in [5.74, 6) is -0.956. The minimum absolute atomic E-state index is 0.336. The second-order valence-corrected chi connectivity index (χ2v) is 1.94. The number of carbonyl (C=O) groups excluding carboxylic acids is 2. The van der Waals surface area contributed by atoms with Gasteiger partial charge in [-0.15, -0.1) is 0 Å². The molecule has 0 aliphatic heterocycles. The van der Waals surface area contributed by atoms with Crippen LogP contribution in [0.5, 0.6) is 0 Å². The molecule has 58 valence electrons. The molecule has 0 saturated carbocycles. The van der Waals surface area contributed by atoms with Crippen LogP contribution >= 0.6 is 0 Å². The van der Waals surface area contributed by atoms with Crippen LogP contribution in [0.25, 0.3) is 0 Å². The average Bonchev–Trinajstić information content (AvgIpc) is 2.00. The highest BCUT2D eigenvalue weighted by molar-refractivity contribution is 5.90. The summed E-state index contributed by atoms with van der Waals surface area (Å²) in [4.78, 5) is 25.5. The molecule has 0 radical (unpaired) electrons. The highest BCUT2D eigenvalue weighted by atomic mass is 16.7. The van der Waals surface area contributed by atoms with Crippen molar-refractivity contribution < 1.29 is 14.4 Å². The molecule has 0 aromatic rings. The molecule has 0 aliphatic rings. The fourth-order valence-corrected chi connectivity index (χ4v) is 0.435. The summed E-state index contributed by atoms with van der Waals surface area (Å²) in [7, 11) is 2.83. The maximum absolute atomic E-state index is 10.9. The fraction of sp³-hybridized carbons (Fsp3) is 0.667. The van der Waals surface area contributed by atoms with Gasteiger partial charge in [-0.05, 0) is 6.92 Å². The molecule has 0 aliphatic carbocycles. The van der Waals surface area contributed by atoms with Crippen molar-refractivity contribution in [1.82, 2.24) is 5.06 Å². The van der Waals surface area contributed by atoms with Crippen molar-refractivity contribution in [2.75, 3.05) is 14.2 Å². The summed E-state index contributed by atoms with van der Waals surface area (Å²) in [6.07, 6.45) is 0.581. The lowest BCUT2D eigenvalue weighted by Crippen LogP contribution is -2.31. The Bertz CT molecular complexity index is 135. The van der Waals surface area contributed by atoms with Crippen LogP contribution in [0.2, 0.25) is 0 Å². The number of aldehydes is 1. The van der Waals surface area contributed by atoms with Crippen LogP contribution in [0, 0.1) is 5.92 Å². The number of hydroxylamine groups is 2. The van der Waals surface area contributed by atoms with Crippen LogP contribution in [0.1, 0.15) is 6.92 Å². The zero-order chi connectivity index (χ0) is 8.15. The van der Waals surface area contributed by atoms with Gasteiger partial charge in [-0.25, -0.2) is 5.06 Å². The maximum Gasteiger partial charge on any atom is 0.255 e. The zero-order valence-corrected chi connectivity index (χ0v) is 6.33. The minimum Gasteiger partial charge on any atom is -0.303 e. The summed E-state index contributed by atoms with van der Waals surface area (Å²) in [6.45, 7) is 1.52. The minimum atomic E-state index is -0.620. The monoisotopic (exact) mass is 145 g/mol. The van der Waals surface area contributed by atoms with Crippen molar-refractivity contribution in [3.63, 3.8) is 0 Å². The molecule has 4 nitrogen and oxygen atoms in total. The zero-order valence-electron chi connectivity index (χ0n) is 6.33. The molecule has 0 bridgehead atoms. The molecule has 0 unspecified atom stereocenters. The van der Waals surface area contributed by atoms with Gasteiger partial charge in [-0.3, -0.25) is 9.63 Å². The Morgan fingerprint density at radius 3 is 2.50 bits per heavy atom. The fourth-order valence-electron chi connectivity index (χ4n) is 0.435. The number of nitrogens with zero attached hydrogens (tertiary/aromatic N) is 1. The highest BCUT2D eigenvalue weighted by Gasteiger charge is 2.15. The summed E-state index contributed by atoms with van der Waals surface area (Å²) < 4.78 is 0. The Morgan fingerprint density at radius 1 is 1.70 bits per heavy atom. The molecule has 0 fully saturated rings. The molecule has 0 spiro atoms. The molecule has 0 heterocycles. The lowest BCUT2D eigenvalue weighted by Gasteiger charge is -2.14. The third kappa shape index (κ3) is 2.14. The third-order valence-corrected chi connectivity index (χ3v) is 1.18. The molecular weight excluding hydrogens is 134 g/mol. The van der Waals surface area contributed by atoms with E-state index in [0.29, 0.717) is 6.29 Å². The predicted octanol–water partition coefficient (Wildman–Crippen LogP) is -0.159. The summed E-state index contributed by atoms with van der Waals surface area (Å²) in [5.41, 5.74) is 0. The molecule has 1 amide bonds. The Balaban J connectivity index is 3.93. The van der Waals surface area contributed by atoms with E-state index in [0.717, 1.165) is 5.06 Å². The number of rotatable bonds is 3. The Labute approximate surface area is 59.7 Å². The van der Waals surface area contributed by atoms with Gasteiger partial charge in [0.25, 0.3) is 5.91 Å². The van der Waals surface area contributed by atoms with Gasteiger partial charge in [0.05, 0.1) is 13.0 Å². The standard InChI is InChI=1S/C6H11NO3/c1-5(4-8)6(9)7(2)10-3/h4-5H,1-3H3/t5-/m0/s1. The Morgan fingerprint density at radius 2 is 2.20 bits per heavy atom. The smallest absolute Gasteiger partial charge is 0.255 e. The van der Waals surface area contributed by atoms with Gasteiger partial charge in [0.2, 0.25) is 0 Å². The van der Waals surface area contributed by atoms with Crippen LogP contribution in [0.15, 0.2) is 0 Å². The molecule has 1 atom stereocenters. The van der Waals surface area contributed by atoms with Crippen molar-refractivity contribution in [3.8, 4) is 0 Å². The van der Waals surface area contributed by atoms with Gasteiger partial charge < -0.3 is 4.79 Å². The van der Waals surface area contributed by atoms with Gasteiger partial charge in [0.15, 0.2) is 0 Å². The Kier molecular flexibility index (Phi) is 3.64. The topological polar surface area (TPSA) is 46.6 Å². The van der Waals surface area contributed by atoms with E-state index < -0.39 is 5.92 Å². The SMILES string of the molecule is CON(C)C(=O)[C@@H](C)C=O. The summed E-state index contributed by atoms with van der Waals surface area (Å²) in [5, 5.41) is 1.03. The summed E-state index contributed by atoms with van der Waals surface area (Å²) >= 11 is 0. The van der Waals surface area contributed by atoms with E-state index >= 15 is 0 Å². The summed E-state index contributed by atoms with van der Waals surface area (Å²) in [6, 6.07) is 0. The van der Waals surface area contributed by atoms with Crippen molar-refractivity contribution in [3.05, 3.63) is 0 Å². The second-order valence-electron chi connectivity index (χ2n) is 1.94. The van der Waals surface area contributed by atoms with E-state index in [9.17, 15) is 9.59 Å². The molecule has 10 heavy (non-hydrogen) atoms. The maximum atomic E-state index is 10.9. The van der Waals surface area contributed by atoms with Crippen LogP contribution in [0.4, 0.5) is 0 Å². The van der Waals surface area contributed by atoms with E-state index in [1.165, 1.54) is 21.1 Å². The lowest BCUT2D eigenvalue weighted by atomic mass is 10.2. The molecule has 0 rings (SSSR count). The van der Waals surface area contributed by atoms with Crippen LogP contribution in [-0.4, -0.2) is 31.4 Å².